The summed E-state index contributed by atoms with van der Waals surface area (Å²) < 4.78 is 3.96. The Morgan fingerprint density at radius 2 is 2.00 bits per heavy atom. The van der Waals surface area contributed by atoms with Crippen LogP contribution < -0.4 is 0 Å². The Morgan fingerprint density at radius 1 is 1.28 bits per heavy atom. The summed E-state index contributed by atoms with van der Waals surface area (Å²) in [7, 11) is 0. The molecule has 1 fully saturated rings. The van der Waals surface area contributed by atoms with Crippen molar-refractivity contribution in [3.05, 3.63) is 10.6 Å². The molecule has 0 atom stereocenters. The molecule has 1 aliphatic carbocycles. The second-order valence-corrected chi connectivity index (χ2v) is 6.04. The largest absolute Gasteiger partial charge is 0.293 e. The molecular formula is C14H22N2OS. The van der Waals surface area contributed by atoms with Gasteiger partial charge in [0, 0.05) is 5.92 Å². The molecule has 1 heterocycles. The first kappa shape index (κ1) is 13.7. The predicted molar refractivity (Wildman–Crippen MR) is 74.0 cm³/mol. The Kier molecular flexibility index (Phi) is 4.87. The molecule has 100 valence electrons. The molecule has 0 amide bonds. The Bertz CT molecular complexity index is 394. The molecule has 0 saturated heterocycles. The monoisotopic (exact) mass is 266 g/mol. The maximum atomic E-state index is 12.5. The van der Waals surface area contributed by atoms with Crippen molar-refractivity contribution in [3.63, 3.8) is 0 Å². The Hall–Kier alpha value is -0.770. The van der Waals surface area contributed by atoms with Crippen LogP contribution in [0.4, 0.5) is 0 Å². The van der Waals surface area contributed by atoms with Crippen LogP contribution in [0.3, 0.4) is 0 Å². The molecule has 0 bridgehead atoms. The van der Waals surface area contributed by atoms with Crippen molar-refractivity contribution in [2.45, 2.75) is 58.8 Å². The third-order valence-corrected chi connectivity index (χ3v) is 4.84. The van der Waals surface area contributed by atoms with E-state index in [1.807, 2.05) is 0 Å². The zero-order chi connectivity index (χ0) is 13.0. The molecule has 0 spiro atoms. The molecule has 0 aromatic carbocycles. The van der Waals surface area contributed by atoms with Crippen molar-refractivity contribution in [2.24, 2.45) is 11.8 Å². The summed E-state index contributed by atoms with van der Waals surface area (Å²) in [6, 6.07) is 0. The highest BCUT2D eigenvalue weighted by Gasteiger charge is 2.28. The lowest BCUT2D eigenvalue weighted by Gasteiger charge is -2.26. The van der Waals surface area contributed by atoms with Crippen LogP contribution in [0, 0.1) is 11.8 Å². The summed E-state index contributed by atoms with van der Waals surface area (Å²) in [6.45, 7) is 4.36. The molecule has 3 nitrogen and oxygen atoms in total. The van der Waals surface area contributed by atoms with E-state index in [4.69, 9.17) is 0 Å². The quantitative estimate of drug-likeness (QED) is 0.759. The van der Waals surface area contributed by atoms with Crippen molar-refractivity contribution in [2.75, 3.05) is 0 Å². The highest BCUT2D eigenvalue weighted by molar-refractivity contribution is 7.08. The molecule has 1 aromatic rings. The number of carbonyl (C=O) groups is 1. The van der Waals surface area contributed by atoms with Gasteiger partial charge in [-0.25, -0.2) is 0 Å². The molecule has 0 aliphatic heterocycles. The molecule has 4 heteroatoms. The van der Waals surface area contributed by atoms with Crippen molar-refractivity contribution in [1.82, 2.24) is 9.59 Å². The van der Waals surface area contributed by atoms with Gasteiger partial charge in [-0.1, -0.05) is 31.2 Å². The first-order valence-electron chi connectivity index (χ1n) is 7.11. The fourth-order valence-electron chi connectivity index (χ4n) is 2.81. The number of hydrogen-bond acceptors (Lipinski definition) is 4. The number of nitrogens with zero attached hydrogens (tertiary/aromatic N) is 2. The molecule has 0 unspecified atom stereocenters. The third kappa shape index (κ3) is 2.97. The van der Waals surface area contributed by atoms with E-state index in [1.165, 1.54) is 30.8 Å². The lowest BCUT2D eigenvalue weighted by molar-refractivity contribution is 0.0874. The van der Waals surface area contributed by atoms with Crippen LogP contribution in [0.1, 0.15) is 67.7 Å². The van der Waals surface area contributed by atoms with Crippen LogP contribution in [0.25, 0.3) is 0 Å². The number of Topliss-reactive ketones (excluding diaryl/α,β-unsaturated/α-hetero) is 1. The molecule has 1 aromatic heterocycles. The van der Waals surface area contributed by atoms with Crippen LogP contribution in [-0.4, -0.2) is 15.4 Å². The lowest BCUT2D eigenvalue weighted by Crippen LogP contribution is -2.22. The van der Waals surface area contributed by atoms with Gasteiger partial charge >= 0.3 is 0 Å². The Balaban J connectivity index is 2.01. The molecule has 0 radical (unpaired) electrons. The average molecular weight is 266 g/mol. The van der Waals surface area contributed by atoms with Gasteiger partial charge in [-0.15, -0.1) is 5.10 Å². The van der Waals surface area contributed by atoms with Crippen LogP contribution in [0.15, 0.2) is 0 Å². The van der Waals surface area contributed by atoms with E-state index in [0.717, 1.165) is 42.2 Å². The van der Waals surface area contributed by atoms with Gasteiger partial charge in [0.05, 0.1) is 5.69 Å². The van der Waals surface area contributed by atoms with E-state index in [1.54, 1.807) is 0 Å². The van der Waals surface area contributed by atoms with Crippen molar-refractivity contribution >= 4 is 17.3 Å². The lowest BCUT2D eigenvalue weighted by atomic mass is 9.78. The predicted octanol–water partition coefficient (Wildman–Crippen LogP) is 3.89. The van der Waals surface area contributed by atoms with Gasteiger partial charge in [-0.2, -0.15) is 0 Å². The average Bonchev–Trinajstić information content (AvgIpc) is 2.87. The molecular weight excluding hydrogens is 244 g/mol. The maximum Gasteiger partial charge on any atom is 0.179 e. The number of carbonyl (C=O) groups excluding carboxylic acids is 1. The van der Waals surface area contributed by atoms with E-state index in [-0.39, 0.29) is 5.92 Å². The Morgan fingerprint density at radius 3 is 2.61 bits per heavy atom. The second-order valence-electron chi connectivity index (χ2n) is 5.29. The van der Waals surface area contributed by atoms with Crippen LogP contribution in [-0.2, 0) is 6.42 Å². The summed E-state index contributed by atoms with van der Waals surface area (Å²) in [5.74, 6) is 1.37. The first-order chi connectivity index (χ1) is 8.76. The molecule has 0 N–H and O–H groups in total. The maximum absolute atomic E-state index is 12.5. The van der Waals surface area contributed by atoms with Crippen molar-refractivity contribution in [3.8, 4) is 0 Å². The van der Waals surface area contributed by atoms with Crippen molar-refractivity contribution in [1.29, 1.82) is 0 Å². The van der Waals surface area contributed by atoms with E-state index < -0.39 is 0 Å². The third-order valence-electron chi connectivity index (χ3n) is 4.06. The molecule has 18 heavy (non-hydrogen) atoms. The first-order valence-corrected chi connectivity index (χ1v) is 7.89. The van der Waals surface area contributed by atoms with Gasteiger partial charge in [-0.05, 0) is 49.6 Å². The second kappa shape index (κ2) is 6.41. The zero-order valence-electron chi connectivity index (χ0n) is 11.3. The van der Waals surface area contributed by atoms with Gasteiger partial charge in [0.25, 0.3) is 0 Å². The van der Waals surface area contributed by atoms with E-state index in [0.29, 0.717) is 5.78 Å². The molecule has 2 rings (SSSR count). The SMILES string of the molecule is CCCc1nnsc1C(=O)C1CCC(CC)CC1. The van der Waals surface area contributed by atoms with Gasteiger partial charge < -0.3 is 0 Å². The van der Waals surface area contributed by atoms with Gasteiger partial charge in [0.1, 0.15) is 4.88 Å². The normalized spacial score (nSPS) is 24.1. The number of rotatable bonds is 5. The summed E-state index contributed by atoms with van der Waals surface area (Å²) in [5.41, 5.74) is 0.921. The molecule has 1 aliphatic rings. The van der Waals surface area contributed by atoms with E-state index in [2.05, 4.69) is 23.4 Å². The minimum Gasteiger partial charge on any atom is -0.293 e. The Labute approximate surface area is 113 Å². The highest BCUT2D eigenvalue weighted by atomic mass is 32.1. The summed E-state index contributed by atoms with van der Waals surface area (Å²) in [5, 5.41) is 4.10. The zero-order valence-corrected chi connectivity index (χ0v) is 12.1. The van der Waals surface area contributed by atoms with E-state index >= 15 is 0 Å². The minimum absolute atomic E-state index is 0.227. The van der Waals surface area contributed by atoms with Crippen LogP contribution >= 0.6 is 11.5 Å². The number of ketones is 1. The summed E-state index contributed by atoms with van der Waals surface area (Å²) in [6.07, 6.45) is 7.69. The summed E-state index contributed by atoms with van der Waals surface area (Å²) >= 11 is 1.29. The fraction of sp³-hybridized carbons (Fsp3) is 0.786. The fourth-order valence-corrected chi connectivity index (χ4v) is 3.54. The number of aryl methyl sites for hydroxylation is 1. The van der Waals surface area contributed by atoms with Gasteiger partial charge in [-0.3, -0.25) is 4.79 Å². The summed E-state index contributed by atoms with van der Waals surface area (Å²) in [4.78, 5) is 13.3. The van der Waals surface area contributed by atoms with Gasteiger partial charge in [0.15, 0.2) is 5.78 Å². The van der Waals surface area contributed by atoms with E-state index in [9.17, 15) is 4.79 Å². The minimum atomic E-state index is 0.227. The smallest absolute Gasteiger partial charge is 0.179 e. The molecule has 1 saturated carbocycles. The topological polar surface area (TPSA) is 42.9 Å². The van der Waals surface area contributed by atoms with Crippen LogP contribution in [0.2, 0.25) is 0 Å². The number of hydrogen-bond donors (Lipinski definition) is 0. The van der Waals surface area contributed by atoms with Crippen LogP contribution in [0.5, 0.6) is 0 Å². The highest BCUT2D eigenvalue weighted by Crippen LogP contribution is 2.33. The standard InChI is InChI=1S/C14H22N2OS/c1-3-5-12-14(18-16-15-12)13(17)11-8-6-10(4-2)7-9-11/h10-11H,3-9H2,1-2H3. The van der Waals surface area contributed by atoms with Crippen molar-refractivity contribution < 1.29 is 4.79 Å². The number of aromatic nitrogens is 2. The van der Waals surface area contributed by atoms with Gasteiger partial charge in [0.2, 0.25) is 0 Å².